The Kier molecular flexibility index (Phi) is 5.58. The summed E-state index contributed by atoms with van der Waals surface area (Å²) in [6, 6.07) is 0. The van der Waals surface area contributed by atoms with Crippen LogP contribution in [0.3, 0.4) is 0 Å². The van der Waals surface area contributed by atoms with Crippen LogP contribution in [-0.2, 0) is 0 Å². The average Bonchev–Trinajstić information content (AvgIpc) is 2.26. The van der Waals surface area contributed by atoms with Crippen molar-refractivity contribution in [2.75, 3.05) is 26.2 Å². The number of nitrogens with two attached hydrogens (primary N) is 1. The van der Waals surface area contributed by atoms with Crippen molar-refractivity contribution in [1.29, 1.82) is 0 Å². The number of hydrogen-bond donors (Lipinski definition) is 2. The molecule has 1 aliphatic rings. The Balaban J connectivity index is 2.00. The van der Waals surface area contributed by atoms with E-state index in [9.17, 15) is 5.11 Å². The Hall–Kier alpha value is -0.120. The smallest absolute Gasteiger partial charge is 0.0741 e. The molecule has 1 atom stereocenters. The van der Waals surface area contributed by atoms with Crippen molar-refractivity contribution in [1.82, 2.24) is 4.90 Å². The lowest BCUT2D eigenvalue weighted by Gasteiger charge is -2.27. The highest BCUT2D eigenvalue weighted by atomic mass is 16.3. The van der Waals surface area contributed by atoms with Crippen molar-refractivity contribution >= 4 is 0 Å². The largest absolute Gasteiger partial charge is 0.389 e. The van der Waals surface area contributed by atoms with Gasteiger partial charge in [-0.3, -0.25) is 0 Å². The summed E-state index contributed by atoms with van der Waals surface area (Å²) in [4.78, 5) is 2.54. The molecule has 0 spiro atoms. The van der Waals surface area contributed by atoms with Crippen molar-refractivity contribution in [2.24, 2.45) is 5.73 Å². The van der Waals surface area contributed by atoms with Crippen molar-refractivity contribution in [3.8, 4) is 0 Å². The van der Waals surface area contributed by atoms with Crippen LogP contribution in [0.5, 0.6) is 0 Å². The summed E-state index contributed by atoms with van der Waals surface area (Å²) in [5, 5.41) is 9.72. The summed E-state index contributed by atoms with van der Waals surface area (Å²) in [5.41, 5.74) is 4.82. The fourth-order valence-electron chi connectivity index (χ4n) is 2.13. The molecule has 0 aromatic carbocycles. The zero-order valence-corrected chi connectivity index (χ0v) is 10.0. The van der Waals surface area contributed by atoms with Gasteiger partial charge in [0.15, 0.2) is 0 Å². The zero-order chi connectivity index (χ0) is 11.1. The monoisotopic (exact) mass is 214 g/mol. The van der Waals surface area contributed by atoms with E-state index in [1.807, 2.05) is 6.92 Å². The third-order valence-corrected chi connectivity index (χ3v) is 3.33. The van der Waals surface area contributed by atoms with Gasteiger partial charge in [-0.05, 0) is 58.7 Å². The summed E-state index contributed by atoms with van der Waals surface area (Å²) in [6.07, 6.45) is 7.23. The maximum absolute atomic E-state index is 9.72. The van der Waals surface area contributed by atoms with Crippen LogP contribution < -0.4 is 5.73 Å². The van der Waals surface area contributed by atoms with E-state index in [2.05, 4.69) is 4.90 Å². The highest BCUT2D eigenvalue weighted by molar-refractivity contribution is 4.73. The molecule has 0 bridgehead atoms. The van der Waals surface area contributed by atoms with Crippen LogP contribution in [0.25, 0.3) is 0 Å². The topological polar surface area (TPSA) is 49.5 Å². The molecule has 3 nitrogen and oxygen atoms in total. The molecule has 0 aliphatic carbocycles. The second kappa shape index (κ2) is 6.46. The lowest BCUT2D eigenvalue weighted by molar-refractivity contribution is 0.0561. The van der Waals surface area contributed by atoms with Gasteiger partial charge >= 0.3 is 0 Å². The third kappa shape index (κ3) is 5.50. The van der Waals surface area contributed by atoms with Crippen LogP contribution in [0.1, 0.15) is 45.4 Å². The number of nitrogens with zero attached hydrogens (tertiary/aromatic N) is 1. The summed E-state index contributed by atoms with van der Waals surface area (Å²) >= 11 is 0. The van der Waals surface area contributed by atoms with Crippen LogP contribution in [-0.4, -0.2) is 41.8 Å². The fourth-order valence-corrected chi connectivity index (χ4v) is 2.13. The van der Waals surface area contributed by atoms with Gasteiger partial charge in [0, 0.05) is 6.54 Å². The van der Waals surface area contributed by atoms with E-state index in [0.717, 1.165) is 12.8 Å². The molecule has 1 saturated heterocycles. The van der Waals surface area contributed by atoms with Crippen molar-refractivity contribution in [3.63, 3.8) is 0 Å². The van der Waals surface area contributed by atoms with Crippen LogP contribution in [0, 0.1) is 0 Å². The van der Waals surface area contributed by atoms with Crippen molar-refractivity contribution < 1.29 is 5.11 Å². The van der Waals surface area contributed by atoms with Crippen LogP contribution in [0.15, 0.2) is 0 Å². The van der Waals surface area contributed by atoms with Crippen LogP contribution in [0.4, 0.5) is 0 Å². The number of rotatable bonds is 6. The summed E-state index contributed by atoms with van der Waals surface area (Å²) in [7, 11) is 0. The molecule has 3 N–H and O–H groups in total. The normalized spacial score (nSPS) is 22.6. The summed E-state index contributed by atoms with van der Waals surface area (Å²) in [6.45, 7) is 5.94. The Morgan fingerprint density at radius 1 is 1.20 bits per heavy atom. The Morgan fingerprint density at radius 2 is 1.87 bits per heavy atom. The van der Waals surface area contributed by atoms with Gasteiger partial charge < -0.3 is 15.7 Å². The molecular weight excluding hydrogens is 188 g/mol. The first-order valence-electron chi connectivity index (χ1n) is 6.29. The van der Waals surface area contributed by atoms with Gasteiger partial charge in [-0.25, -0.2) is 0 Å². The second-order valence-electron chi connectivity index (χ2n) is 5.06. The van der Waals surface area contributed by atoms with Crippen molar-refractivity contribution in [3.05, 3.63) is 0 Å². The molecule has 0 amide bonds. The van der Waals surface area contributed by atoms with E-state index in [4.69, 9.17) is 5.73 Å². The number of aliphatic hydroxyl groups is 1. The number of likely N-dealkylation sites (tertiary alicyclic amines) is 1. The lowest BCUT2D eigenvalue weighted by Crippen LogP contribution is -2.34. The molecule has 15 heavy (non-hydrogen) atoms. The molecule has 1 unspecified atom stereocenters. The molecule has 0 aromatic heterocycles. The molecule has 1 fully saturated rings. The number of piperidine rings is 1. The molecular formula is C12H26N2O. The molecule has 1 heterocycles. The fraction of sp³-hybridized carbons (Fsp3) is 1.00. The predicted molar refractivity (Wildman–Crippen MR) is 63.8 cm³/mol. The van der Waals surface area contributed by atoms with E-state index in [1.54, 1.807) is 0 Å². The Morgan fingerprint density at radius 3 is 2.47 bits per heavy atom. The highest BCUT2D eigenvalue weighted by Crippen LogP contribution is 2.14. The van der Waals surface area contributed by atoms with Crippen LogP contribution >= 0.6 is 0 Å². The summed E-state index contributed by atoms with van der Waals surface area (Å²) < 4.78 is 0. The number of unbranched alkanes of at least 4 members (excludes halogenated alkanes) is 1. The summed E-state index contributed by atoms with van der Waals surface area (Å²) in [5.74, 6) is 0. The van der Waals surface area contributed by atoms with Gasteiger partial charge in [0.05, 0.1) is 5.60 Å². The van der Waals surface area contributed by atoms with Gasteiger partial charge in [0.1, 0.15) is 0 Å². The molecule has 1 rings (SSSR count). The van der Waals surface area contributed by atoms with E-state index >= 15 is 0 Å². The van der Waals surface area contributed by atoms with Gasteiger partial charge in [0.25, 0.3) is 0 Å². The molecule has 0 saturated carbocycles. The number of hydrogen-bond acceptors (Lipinski definition) is 3. The Labute approximate surface area is 93.6 Å². The minimum Gasteiger partial charge on any atom is -0.389 e. The van der Waals surface area contributed by atoms with E-state index in [0.29, 0.717) is 6.54 Å². The van der Waals surface area contributed by atoms with Gasteiger partial charge in [0.2, 0.25) is 0 Å². The molecule has 90 valence electrons. The third-order valence-electron chi connectivity index (χ3n) is 3.33. The second-order valence-corrected chi connectivity index (χ2v) is 5.06. The minimum absolute atomic E-state index is 0.372. The van der Waals surface area contributed by atoms with Gasteiger partial charge in [-0.2, -0.15) is 0 Å². The highest BCUT2D eigenvalue weighted by Gasteiger charge is 2.17. The standard InChI is InChI=1S/C12H26N2O/c1-12(15,11-13)7-3-6-10-14-8-4-2-5-9-14/h15H,2-11,13H2,1H3. The zero-order valence-electron chi connectivity index (χ0n) is 10.0. The molecule has 0 radical (unpaired) electrons. The first-order chi connectivity index (χ1) is 7.14. The van der Waals surface area contributed by atoms with Crippen LogP contribution in [0.2, 0.25) is 0 Å². The lowest BCUT2D eigenvalue weighted by atomic mass is 9.99. The van der Waals surface area contributed by atoms with E-state index < -0.39 is 5.60 Å². The first-order valence-corrected chi connectivity index (χ1v) is 6.29. The van der Waals surface area contributed by atoms with E-state index in [-0.39, 0.29) is 0 Å². The van der Waals surface area contributed by atoms with Gasteiger partial charge in [-0.1, -0.05) is 6.42 Å². The quantitative estimate of drug-likeness (QED) is 0.656. The maximum Gasteiger partial charge on any atom is 0.0741 e. The average molecular weight is 214 g/mol. The maximum atomic E-state index is 9.72. The molecule has 1 aliphatic heterocycles. The van der Waals surface area contributed by atoms with E-state index in [1.165, 1.54) is 45.3 Å². The molecule has 0 aromatic rings. The predicted octanol–water partition coefficient (Wildman–Crippen LogP) is 1.35. The van der Waals surface area contributed by atoms with Crippen molar-refractivity contribution in [2.45, 2.75) is 51.0 Å². The molecule has 3 heteroatoms. The van der Waals surface area contributed by atoms with Gasteiger partial charge in [-0.15, -0.1) is 0 Å². The Bertz CT molecular complexity index is 165. The minimum atomic E-state index is -0.651. The first kappa shape index (κ1) is 12.9. The SMILES string of the molecule is CC(O)(CN)CCCCN1CCCCC1.